The van der Waals surface area contributed by atoms with Crippen molar-refractivity contribution in [3.8, 4) is 5.88 Å². The highest BCUT2D eigenvalue weighted by atomic mass is 35.5. The van der Waals surface area contributed by atoms with E-state index < -0.39 is 0 Å². The average molecular weight is 349 g/mol. The molecule has 24 heavy (non-hydrogen) atoms. The Morgan fingerprint density at radius 2 is 1.92 bits per heavy atom. The van der Waals surface area contributed by atoms with Gasteiger partial charge < -0.3 is 14.0 Å². The molecular formula is C18H18ClFN2O2. The lowest BCUT2D eigenvalue weighted by Crippen LogP contribution is -2.05. The van der Waals surface area contributed by atoms with Crippen molar-refractivity contribution in [3.05, 3.63) is 58.1 Å². The van der Waals surface area contributed by atoms with Gasteiger partial charge in [-0.05, 0) is 43.2 Å². The minimum atomic E-state index is -0.276. The fraction of sp³-hybridized carbons (Fsp3) is 0.278. The molecule has 126 valence electrons. The van der Waals surface area contributed by atoms with Gasteiger partial charge in [0.1, 0.15) is 29.8 Å². The molecule has 6 heteroatoms. The SMILES string of the molecule is COCn1c(C)c(C)c2cc(Cl)nc(OCc3ccc(F)cc3)c21. The van der Waals surface area contributed by atoms with Crippen molar-refractivity contribution in [3.63, 3.8) is 0 Å². The van der Waals surface area contributed by atoms with Crippen LogP contribution in [0.15, 0.2) is 30.3 Å². The van der Waals surface area contributed by atoms with Crippen molar-refractivity contribution < 1.29 is 13.9 Å². The molecule has 3 aromatic rings. The molecule has 0 aliphatic heterocycles. The van der Waals surface area contributed by atoms with E-state index in [0.717, 1.165) is 27.7 Å². The number of pyridine rings is 1. The van der Waals surface area contributed by atoms with E-state index in [9.17, 15) is 4.39 Å². The monoisotopic (exact) mass is 348 g/mol. The van der Waals surface area contributed by atoms with Crippen LogP contribution >= 0.6 is 11.6 Å². The minimum absolute atomic E-state index is 0.276. The van der Waals surface area contributed by atoms with Gasteiger partial charge >= 0.3 is 0 Å². The largest absolute Gasteiger partial charge is 0.471 e. The van der Waals surface area contributed by atoms with Gasteiger partial charge in [0.05, 0.1) is 0 Å². The maximum Gasteiger partial charge on any atom is 0.240 e. The third-order valence-corrected chi connectivity index (χ3v) is 4.29. The molecule has 0 aliphatic rings. The first kappa shape index (κ1) is 16.7. The Bertz CT molecular complexity index is 875. The van der Waals surface area contributed by atoms with Gasteiger partial charge in [0.15, 0.2) is 0 Å². The molecule has 1 aromatic carbocycles. The number of ether oxygens (including phenoxy) is 2. The molecule has 0 bridgehead atoms. The molecule has 0 atom stereocenters. The van der Waals surface area contributed by atoms with Crippen LogP contribution < -0.4 is 4.74 Å². The predicted octanol–water partition coefficient (Wildman–Crippen LogP) is 4.63. The predicted molar refractivity (Wildman–Crippen MR) is 92.0 cm³/mol. The molecular weight excluding hydrogens is 331 g/mol. The van der Waals surface area contributed by atoms with Gasteiger partial charge in [-0.3, -0.25) is 0 Å². The fourth-order valence-electron chi connectivity index (χ4n) is 2.72. The van der Waals surface area contributed by atoms with Crippen molar-refractivity contribution in [1.82, 2.24) is 9.55 Å². The number of hydrogen-bond acceptors (Lipinski definition) is 3. The van der Waals surface area contributed by atoms with E-state index in [4.69, 9.17) is 21.1 Å². The Hall–Kier alpha value is -2.11. The van der Waals surface area contributed by atoms with Crippen molar-refractivity contribution in [1.29, 1.82) is 0 Å². The fourth-order valence-corrected chi connectivity index (χ4v) is 2.91. The zero-order valence-electron chi connectivity index (χ0n) is 13.8. The molecule has 4 nitrogen and oxygen atoms in total. The topological polar surface area (TPSA) is 36.3 Å². The van der Waals surface area contributed by atoms with Crippen LogP contribution in [0.2, 0.25) is 5.15 Å². The molecule has 3 rings (SSSR count). The highest BCUT2D eigenvalue weighted by molar-refractivity contribution is 6.30. The second-order valence-electron chi connectivity index (χ2n) is 5.62. The highest BCUT2D eigenvalue weighted by Gasteiger charge is 2.17. The van der Waals surface area contributed by atoms with Crippen LogP contribution in [0.3, 0.4) is 0 Å². The Morgan fingerprint density at radius 3 is 2.58 bits per heavy atom. The van der Waals surface area contributed by atoms with Crippen molar-refractivity contribution in [2.24, 2.45) is 0 Å². The zero-order chi connectivity index (χ0) is 17.3. The summed E-state index contributed by atoms with van der Waals surface area (Å²) in [6.45, 7) is 4.72. The van der Waals surface area contributed by atoms with Crippen molar-refractivity contribution in [2.45, 2.75) is 27.2 Å². The van der Waals surface area contributed by atoms with Crippen molar-refractivity contribution in [2.75, 3.05) is 7.11 Å². The van der Waals surface area contributed by atoms with Gasteiger partial charge in [-0.15, -0.1) is 0 Å². The van der Waals surface area contributed by atoms with Gasteiger partial charge in [-0.1, -0.05) is 23.7 Å². The molecule has 0 aliphatic carbocycles. The lowest BCUT2D eigenvalue weighted by Gasteiger charge is -2.11. The summed E-state index contributed by atoms with van der Waals surface area (Å²) in [5.74, 6) is 0.164. The minimum Gasteiger partial charge on any atom is -0.471 e. The smallest absolute Gasteiger partial charge is 0.240 e. The van der Waals surface area contributed by atoms with E-state index in [-0.39, 0.29) is 12.4 Å². The second-order valence-corrected chi connectivity index (χ2v) is 6.00. The number of aryl methyl sites for hydroxylation is 1. The number of rotatable bonds is 5. The number of halogens is 2. The summed E-state index contributed by atoms with van der Waals surface area (Å²) in [6.07, 6.45) is 0. The summed E-state index contributed by atoms with van der Waals surface area (Å²) < 4.78 is 26.2. The lowest BCUT2D eigenvalue weighted by molar-refractivity contribution is 0.132. The van der Waals surface area contributed by atoms with Crippen LogP contribution in [-0.2, 0) is 18.1 Å². The normalized spacial score (nSPS) is 11.2. The summed E-state index contributed by atoms with van der Waals surface area (Å²) in [7, 11) is 1.64. The summed E-state index contributed by atoms with van der Waals surface area (Å²) in [6, 6.07) is 8.00. The molecule has 0 radical (unpaired) electrons. The summed E-state index contributed by atoms with van der Waals surface area (Å²) in [4.78, 5) is 4.32. The standard InChI is InChI=1S/C18H18ClFN2O2/c1-11-12(2)22(10-23-3)17-15(11)8-16(19)21-18(17)24-9-13-4-6-14(20)7-5-13/h4-8H,9-10H2,1-3H3. The molecule has 2 aromatic heterocycles. The number of nitrogens with zero attached hydrogens (tertiary/aromatic N) is 2. The molecule has 2 heterocycles. The molecule has 0 fully saturated rings. The Balaban J connectivity index is 2.02. The number of methoxy groups -OCH3 is 1. The van der Waals surface area contributed by atoms with Crippen LogP contribution in [0.5, 0.6) is 5.88 Å². The van der Waals surface area contributed by atoms with Crippen LogP contribution in [0, 0.1) is 19.7 Å². The van der Waals surface area contributed by atoms with E-state index >= 15 is 0 Å². The highest BCUT2D eigenvalue weighted by Crippen LogP contribution is 2.33. The first-order valence-corrected chi connectivity index (χ1v) is 7.91. The number of aromatic nitrogens is 2. The van der Waals surface area contributed by atoms with E-state index in [1.54, 1.807) is 19.2 Å². The van der Waals surface area contributed by atoms with Crippen LogP contribution in [0.25, 0.3) is 10.9 Å². The van der Waals surface area contributed by atoms with E-state index in [0.29, 0.717) is 17.8 Å². The number of benzene rings is 1. The zero-order valence-corrected chi connectivity index (χ0v) is 14.5. The molecule has 0 amide bonds. The number of hydrogen-bond donors (Lipinski definition) is 0. The van der Waals surface area contributed by atoms with Crippen molar-refractivity contribution >= 4 is 22.5 Å². The number of fused-ring (bicyclic) bond motifs is 1. The van der Waals surface area contributed by atoms with Gasteiger partial charge in [-0.25, -0.2) is 4.39 Å². The molecule has 0 unspecified atom stereocenters. The first-order valence-electron chi connectivity index (χ1n) is 7.53. The maximum atomic E-state index is 13.0. The van der Waals surface area contributed by atoms with E-state index in [1.807, 2.05) is 24.5 Å². The first-order chi connectivity index (χ1) is 11.5. The molecule has 0 saturated heterocycles. The van der Waals surface area contributed by atoms with Crippen LogP contribution in [0.1, 0.15) is 16.8 Å². The van der Waals surface area contributed by atoms with Gasteiger partial charge in [0.2, 0.25) is 5.88 Å². The Morgan fingerprint density at radius 1 is 1.21 bits per heavy atom. The van der Waals surface area contributed by atoms with E-state index in [2.05, 4.69) is 4.98 Å². The van der Waals surface area contributed by atoms with Crippen LogP contribution in [-0.4, -0.2) is 16.7 Å². The average Bonchev–Trinajstić information content (AvgIpc) is 2.80. The maximum absolute atomic E-state index is 13.0. The van der Waals surface area contributed by atoms with E-state index in [1.165, 1.54) is 12.1 Å². The van der Waals surface area contributed by atoms with Gasteiger partial charge in [0.25, 0.3) is 0 Å². The molecule has 0 spiro atoms. The van der Waals surface area contributed by atoms with Gasteiger partial charge in [-0.2, -0.15) is 4.98 Å². The summed E-state index contributed by atoms with van der Waals surface area (Å²) >= 11 is 6.16. The van der Waals surface area contributed by atoms with Gasteiger partial charge in [0, 0.05) is 18.2 Å². The molecule has 0 saturated carbocycles. The molecule has 0 N–H and O–H groups in total. The summed E-state index contributed by atoms with van der Waals surface area (Å²) in [5.41, 5.74) is 3.88. The Kier molecular flexibility index (Phi) is 4.73. The third kappa shape index (κ3) is 3.09. The summed E-state index contributed by atoms with van der Waals surface area (Å²) in [5, 5.41) is 1.35. The van der Waals surface area contributed by atoms with Crippen LogP contribution in [0.4, 0.5) is 4.39 Å². The Labute approximate surface area is 144 Å². The third-order valence-electron chi connectivity index (χ3n) is 4.10. The quantitative estimate of drug-likeness (QED) is 0.631. The lowest BCUT2D eigenvalue weighted by atomic mass is 10.2. The second kappa shape index (κ2) is 6.79.